The van der Waals surface area contributed by atoms with Gasteiger partial charge in [-0.15, -0.1) is 0 Å². The Kier molecular flexibility index (Phi) is 1.89. The lowest BCUT2D eigenvalue weighted by Crippen LogP contribution is -1.98. The summed E-state index contributed by atoms with van der Waals surface area (Å²) in [5.74, 6) is 0. The minimum absolute atomic E-state index is 0.535. The molecule has 0 saturated carbocycles. The van der Waals surface area contributed by atoms with Gasteiger partial charge in [0.1, 0.15) is 0 Å². The van der Waals surface area contributed by atoms with E-state index in [0.29, 0.717) is 6.42 Å². The van der Waals surface area contributed by atoms with Gasteiger partial charge in [0.2, 0.25) is 6.36 Å². The fraction of sp³-hybridized carbons (Fsp3) is 0.667. The second kappa shape index (κ2) is 2.70. The summed E-state index contributed by atoms with van der Waals surface area (Å²) in [4.78, 5) is 0. The van der Waals surface area contributed by atoms with E-state index in [1.165, 1.54) is 6.26 Å². The molecule has 0 aromatic carbocycles. The molecule has 0 aliphatic carbocycles. The van der Waals surface area contributed by atoms with E-state index in [1.54, 1.807) is 0 Å². The smallest absolute Gasteiger partial charge is 0.237 e. The zero-order valence-corrected chi connectivity index (χ0v) is 4.64. The van der Waals surface area contributed by atoms with Gasteiger partial charge in [-0.2, -0.15) is 0 Å². The Labute approximate surface area is 48.1 Å². The van der Waals surface area contributed by atoms with Gasteiger partial charge in [-0.3, -0.25) is 0 Å². The van der Waals surface area contributed by atoms with Gasteiger partial charge in [-0.25, -0.2) is 4.39 Å². The number of ether oxygens (including phenoxy) is 1. The van der Waals surface area contributed by atoms with Crippen molar-refractivity contribution in [1.29, 1.82) is 0 Å². The first-order chi connectivity index (χ1) is 3.89. The van der Waals surface area contributed by atoms with E-state index in [-0.39, 0.29) is 0 Å². The van der Waals surface area contributed by atoms with Crippen LogP contribution < -0.4 is 0 Å². The van der Waals surface area contributed by atoms with E-state index >= 15 is 0 Å². The fourth-order valence-corrected chi connectivity index (χ4v) is 0.673. The molecule has 1 aliphatic heterocycles. The summed E-state index contributed by atoms with van der Waals surface area (Å²) < 4.78 is 16.7. The van der Waals surface area contributed by atoms with E-state index in [1.807, 2.05) is 6.08 Å². The van der Waals surface area contributed by atoms with Crippen molar-refractivity contribution < 1.29 is 9.13 Å². The molecule has 1 unspecified atom stereocenters. The standard InChI is InChI=1S/C6H9FO/c7-6-4-2-1-3-5-8-6/h3,5-6H,1-2,4H2. The van der Waals surface area contributed by atoms with Gasteiger partial charge in [0.05, 0.1) is 6.26 Å². The molecular formula is C6H9FO. The zero-order chi connectivity index (χ0) is 5.82. The van der Waals surface area contributed by atoms with Crippen LogP contribution in [0.2, 0.25) is 0 Å². The molecule has 0 fully saturated rings. The average molecular weight is 116 g/mol. The monoisotopic (exact) mass is 116 g/mol. The van der Waals surface area contributed by atoms with Gasteiger partial charge in [-0.05, 0) is 18.9 Å². The molecular weight excluding hydrogens is 107 g/mol. The number of allylic oxidation sites excluding steroid dienone is 1. The van der Waals surface area contributed by atoms with Gasteiger partial charge < -0.3 is 4.74 Å². The highest BCUT2D eigenvalue weighted by Crippen LogP contribution is 2.10. The molecule has 0 N–H and O–H groups in total. The molecule has 0 aromatic heterocycles. The molecule has 1 heterocycles. The van der Waals surface area contributed by atoms with Crippen LogP contribution in [-0.4, -0.2) is 6.36 Å². The van der Waals surface area contributed by atoms with Crippen LogP contribution in [0.25, 0.3) is 0 Å². The molecule has 0 bridgehead atoms. The molecule has 0 saturated heterocycles. The second-order valence-electron chi connectivity index (χ2n) is 1.85. The number of hydrogen-bond acceptors (Lipinski definition) is 1. The highest BCUT2D eigenvalue weighted by molar-refractivity contribution is 4.76. The first-order valence-electron chi connectivity index (χ1n) is 2.84. The Morgan fingerprint density at radius 3 is 3.38 bits per heavy atom. The molecule has 1 aliphatic rings. The van der Waals surface area contributed by atoms with Crippen LogP contribution in [0.1, 0.15) is 19.3 Å². The minimum atomic E-state index is -1.06. The molecule has 0 radical (unpaired) electrons. The van der Waals surface area contributed by atoms with Gasteiger partial charge >= 0.3 is 0 Å². The van der Waals surface area contributed by atoms with Crippen molar-refractivity contribution in [3.8, 4) is 0 Å². The number of hydrogen-bond donors (Lipinski definition) is 0. The maximum Gasteiger partial charge on any atom is 0.237 e. The highest BCUT2D eigenvalue weighted by atomic mass is 19.1. The third kappa shape index (κ3) is 1.52. The van der Waals surface area contributed by atoms with Crippen molar-refractivity contribution in [2.24, 2.45) is 0 Å². The van der Waals surface area contributed by atoms with Crippen molar-refractivity contribution in [1.82, 2.24) is 0 Å². The number of rotatable bonds is 0. The number of alkyl halides is 1. The van der Waals surface area contributed by atoms with Crippen molar-refractivity contribution in [2.45, 2.75) is 25.6 Å². The third-order valence-electron chi connectivity index (χ3n) is 1.12. The molecule has 0 amide bonds. The molecule has 0 aromatic rings. The first kappa shape index (κ1) is 5.60. The Morgan fingerprint density at radius 2 is 2.50 bits per heavy atom. The second-order valence-corrected chi connectivity index (χ2v) is 1.85. The Balaban J connectivity index is 2.30. The quantitative estimate of drug-likeness (QED) is 0.470. The fourth-order valence-electron chi connectivity index (χ4n) is 0.673. The predicted molar refractivity (Wildman–Crippen MR) is 29.0 cm³/mol. The van der Waals surface area contributed by atoms with E-state index in [0.717, 1.165) is 12.8 Å². The van der Waals surface area contributed by atoms with E-state index in [2.05, 4.69) is 4.74 Å². The summed E-state index contributed by atoms with van der Waals surface area (Å²) in [5.41, 5.74) is 0. The largest absolute Gasteiger partial charge is 0.468 e. The van der Waals surface area contributed by atoms with Crippen LogP contribution in [-0.2, 0) is 4.74 Å². The maximum absolute atomic E-state index is 12.2. The summed E-state index contributed by atoms with van der Waals surface area (Å²) in [6.45, 7) is 0. The molecule has 46 valence electrons. The van der Waals surface area contributed by atoms with Crippen LogP contribution in [0.3, 0.4) is 0 Å². The van der Waals surface area contributed by atoms with Crippen molar-refractivity contribution >= 4 is 0 Å². The molecule has 1 atom stereocenters. The summed E-state index contributed by atoms with van der Waals surface area (Å²) in [7, 11) is 0. The van der Waals surface area contributed by atoms with Crippen molar-refractivity contribution in [2.75, 3.05) is 0 Å². The first-order valence-corrected chi connectivity index (χ1v) is 2.84. The van der Waals surface area contributed by atoms with Crippen LogP contribution in [0, 0.1) is 0 Å². The Bertz CT molecular complexity index is 90.5. The van der Waals surface area contributed by atoms with Gasteiger partial charge in [-0.1, -0.05) is 0 Å². The molecule has 1 rings (SSSR count). The predicted octanol–water partition coefficient (Wildman–Crippen LogP) is 2.00. The average Bonchev–Trinajstić information content (AvgIpc) is 1.94. The molecule has 2 heteroatoms. The van der Waals surface area contributed by atoms with E-state index in [9.17, 15) is 4.39 Å². The summed E-state index contributed by atoms with van der Waals surface area (Å²) in [5, 5.41) is 0. The van der Waals surface area contributed by atoms with Crippen LogP contribution in [0.5, 0.6) is 0 Å². The maximum atomic E-state index is 12.2. The third-order valence-corrected chi connectivity index (χ3v) is 1.12. The van der Waals surface area contributed by atoms with Gasteiger partial charge in [0.15, 0.2) is 0 Å². The summed E-state index contributed by atoms with van der Waals surface area (Å²) in [6.07, 6.45) is 4.61. The SMILES string of the molecule is FC1CCCC=CO1. The normalized spacial score (nSPS) is 28.9. The van der Waals surface area contributed by atoms with Crippen LogP contribution in [0.15, 0.2) is 12.3 Å². The Morgan fingerprint density at radius 1 is 1.62 bits per heavy atom. The lowest BCUT2D eigenvalue weighted by Gasteiger charge is -2.01. The number of halogens is 1. The lowest BCUT2D eigenvalue weighted by molar-refractivity contribution is 0.0208. The topological polar surface area (TPSA) is 9.23 Å². The molecule has 1 nitrogen and oxygen atoms in total. The molecule has 8 heavy (non-hydrogen) atoms. The van der Waals surface area contributed by atoms with Crippen molar-refractivity contribution in [3.05, 3.63) is 12.3 Å². The summed E-state index contributed by atoms with van der Waals surface area (Å²) >= 11 is 0. The zero-order valence-electron chi connectivity index (χ0n) is 4.64. The Hall–Kier alpha value is -0.530. The van der Waals surface area contributed by atoms with Crippen molar-refractivity contribution in [3.63, 3.8) is 0 Å². The van der Waals surface area contributed by atoms with E-state index < -0.39 is 6.36 Å². The lowest BCUT2D eigenvalue weighted by atomic mass is 10.2. The van der Waals surface area contributed by atoms with Crippen LogP contribution >= 0.6 is 0 Å². The molecule has 0 spiro atoms. The van der Waals surface area contributed by atoms with Crippen LogP contribution in [0.4, 0.5) is 4.39 Å². The summed E-state index contributed by atoms with van der Waals surface area (Å²) in [6, 6.07) is 0. The van der Waals surface area contributed by atoms with E-state index in [4.69, 9.17) is 0 Å². The van der Waals surface area contributed by atoms with Gasteiger partial charge in [0.25, 0.3) is 0 Å². The highest BCUT2D eigenvalue weighted by Gasteiger charge is 2.05. The minimum Gasteiger partial charge on any atom is -0.468 e. The van der Waals surface area contributed by atoms with Gasteiger partial charge in [0, 0.05) is 6.42 Å².